The SMILES string of the molecule is CCOc1ccc(C(=O)N(CC)CC)c(S)c1. The van der Waals surface area contributed by atoms with Gasteiger partial charge in [-0.1, -0.05) is 0 Å². The van der Waals surface area contributed by atoms with Crippen LogP contribution in [-0.4, -0.2) is 30.5 Å². The monoisotopic (exact) mass is 253 g/mol. The zero-order valence-corrected chi connectivity index (χ0v) is 11.5. The molecule has 0 fully saturated rings. The standard InChI is InChI=1S/C13H19NO2S/c1-4-14(5-2)13(15)11-8-7-10(16-6-3)9-12(11)17/h7-9,17H,4-6H2,1-3H3. The molecule has 3 nitrogen and oxygen atoms in total. The van der Waals surface area contributed by atoms with Crippen LogP contribution >= 0.6 is 12.6 Å². The number of ether oxygens (including phenoxy) is 1. The van der Waals surface area contributed by atoms with Crippen LogP contribution in [0.1, 0.15) is 31.1 Å². The molecule has 1 aromatic rings. The summed E-state index contributed by atoms with van der Waals surface area (Å²) in [5, 5.41) is 0. The van der Waals surface area contributed by atoms with E-state index in [-0.39, 0.29) is 5.91 Å². The molecule has 0 aromatic heterocycles. The second-order valence-corrected chi connectivity index (χ2v) is 4.07. The molecular weight excluding hydrogens is 234 g/mol. The average Bonchev–Trinajstić information content (AvgIpc) is 2.31. The Morgan fingerprint density at radius 2 is 1.94 bits per heavy atom. The lowest BCUT2D eigenvalue weighted by molar-refractivity contribution is 0.0769. The van der Waals surface area contributed by atoms with Crippen molar-refractivity contribution in [3.8, 4) is 5.75 Å². The lowest BCUT2D eigenvalue weighted by atomic mass is 10.2. The van der Waals surface area contributed by atoms with Crippen LogP contribution < -0.4 is 4.74 Å². The number of rotatable bonds is 5. The van der Waals surface area contributed by atoms with Crippen LogP contribution in [0.4, 0.5) is 0 Å². The minimum atomic E-state index is 0.0167. The second kappa shape index (κ2) is 6.55. The van der Waals surface area contributed by atoms with E-state index in [4.69, 9.17) is 4.74 Å². The number of carbonyl (C=O) groups excluding carboxylic acids is 1. The van der Waals surface area contributed by atoms with Crippen LogP contribution in [0.2, 0.25) is 0 Å². The fraction of sp³-hybridized carbons (Fsp3) is 0.462. The van der Waals surface area contributed by atoms with Gasteiger partial charge in [0.15, 0.2) is 0 Å². The molecule has 0 atom stereocenters. The molecule has 0 heterocycles. The molecule has 0 N–H and O–H groups in total. The summed E-state index contributed by atoms with van der Waals surface area (Å²) in [6.45, 7) is 7.87. The molecular formula is C13H19NO2S. The zero-order valence-electron chi connectivity index (χ0n) is 10.6. The zero-order chi connectivity index (χ0) is 12.8. The smallest absolute Gasteiger partial charge is 0.254 e. The maximum Gasteiger partial charge on any atom is 0.254 e. The third-order valence-electron chi connectivity index (χ3n) is 2.56. The fourth-order valence-electron chi connectivity index (χ4n) is 1.63. The van der Waals surface area contributed by atoms with Crippen molar-refractivity contribution in [3.63, 3.8) is 0 Å². The number of hydrogen-bond donors (Lipinski definition) is 1. The third-order valence-corrected chi connectivity index (χ3v) is 2.93. The van der Waals surface area contributed by atoms with Gasteiger partial charge in [-0.25, -0.2) is 0 Å². The van der Waals surface area contributed by atoms with Crippen molar-refractivity contribution in [2.45, 2.75) is 25.7 Å². The molecule has 0 spiro atoms. The Bertz CT molecular complexity index is 389. The highest BCUT2D eigenvalue weighted by Gasteiger charge is 2.15. The highest BCUT2D eigenvalue weighted by molar-refractivity contribution is 7.80. The van der Waals surface area contributed by atoms with Crippen molar-refractivity contribution in [3.05, 3.63) is 23.8 Å². The average molecular weight is 253 g/mol. The number of benzene rings is 1. The molecule has 0 aliphatic heterocycles. The Morgan fingerprint density at radius 1 is 1.29 bits per heavy atom. The highest BCUT2D eigenvalue weighted by atomic mass is 32.1. The molecule has 1 rings (SSSR count). The van der Waals surface area contributed by atoms with Gasteiger partial charge in [0.05, 0.1) is 12.2 Å². The number of thiol groups is 1. The first-order valence-corrected chi connectivity index (χ1v) is 6.33. The molecule has 1 amide bonds. The predicted octanol–water partition coefficient (Wildman–Crippen LogP) is 2.86. The van der Waals surface area contributed by atoms with Crippen LogP contribution in [0.15, 0.2) is 23.1 Å². The van der Waals surface area contributed by atoms with Crippen molar-refractivity contribution in [1.29, 1.82) is 0 Å². The molecule has 1 aromatic carbocycles. The van der Waals surface area contributed by atoms with E-state index in [0.717, 1.165) is 5.75 Å². The van der Waals surface area contributed by atoms with E-state index in [1.165, 1.54) is 0 Å². The number of carbonyl (C=O) groups is 1. The normalized spacial score (nSPS) is 10.1. The van der Waals surface area contributed by atoms with Crippen LogP contribution in [0.3, 0.4) is 0 Å². The van der Waals surface area contributed by atoms with Gasteiger partial charge >= 0.3 is 0 Å². The molecule has 0 aliphatic carbocycles. The second-order valence-electron chi connectivity index (χ2n) is 3.59. The van der Waals surface area contributed by atoms with E-state index < -0.39 is 0 Å². The maximum atomic E-state index is 12.1. The lowest BCUT2D eigenvalue weighted by Crippen LogP contribution is -2.30. The van der Waals surface area contributed by atoms with Crippen LogP contribution in [0, 0.1) is 0 Å². The molecule has 0 aliphatic rings. The third kappa shape index (κ3) is 3.40. The summed E-state index contributed by atoms with van der Waals surface area (Å²) >= 11 is 4.34. The van der Waals surface area contributed by atoms with Crippen LogP contribution in [-0.2, 0) is 0 Å². The number of nitrogens with zero attached hydrogens (tertiary/aromatic N) is 1. The molecule has 0 unspecified atom stereocenters. The van der Waals surface area contributed by atoms with Gasteiger partial charge in [0.25, 0.3) is 5.91 Å². The Balaban J connectivity index is 2.95. The first-order chi connectivity index (χ1) is 8.13. The van der Waals surface area contributed by atoms with Gasteiger partial charge in [0, 0.05) is 18.0 Å². The number of hydrogen-bond acceptors (Lipinski definition) is 3. The van der Waals surface area contributed by atoms with E-state index >= 15 is 0 Å². The van der Waals surface area contributed by atoms with E-state index in [2.05, 4.69) is 12.6 Å². The summed E-state index contributed by atoms with van der Waals surface area (Å²) in [6, 6.07) is 5.36. The molecule has 0 saturated carbocycles. The Kier molecular flexibility index (Phi) is 5.35. The Morgan fingerprint density at radius 3 is 2.41 bits per heavy atom. The van der Waals surface area contributed by atoms with Gasteiger partial charge in [-0.2, -0.15) is 0 Å². The van der Waals surface area contributed by atoms with Gasteiger partial charge < -0.3 is 9.64 Å². The molecule has 4 heteroatoms. The van der Waals surface area contributed by atoms with Gasteiger partial charge in [-0.3, -0.25) is 4.79 Å². The van der Waals surface area contributed by atoms with E-state index in [1.807, 2.05) is 20.8 Å². The Hall–Kier alpha value is -1.16. The first-order valence-electron chi connectivity index (χ1n) is 5.89. The molecule has 17 heavy (non-hydrogen) atoms. The van der Waals surface area contributed by atoms with Gasteiger partial charge in [-0.15, -0.1) is 12.6 Å². The minimum absolute atomic E-state index is 0.0167. The van der Waals surface area contributed by atoms with Gasteiger partial charge in [-0.05, 0) is 39.0 Å². The van der Waals surface area contributed by atoms with Crippen molar-refractivity contribution >= 4 is 18.5 Å². The van der Waals surface area contributed by atoms with E-state index in [9.17, 15) is 4.79 Å². The maximum absolute atomic E-state index is 12.1. The summed E-state index contributed by atoms with van der Waals surface area (Å²) in [7, 11) is 0. The summed E-state index contributed by atoms with van der Waals surface area (Å²) in [5.41, 5.74) is 0.625. The van der Waals surface area contributed by atoms with Crippen molar-refractivity contribution in [1.82, 2.24) is 4.90 Å². The summed E-state index contributed by atoms with van der Waals surface area (Å²) < 4.78 is 5.36. The van der Waals surface area contributed by atoms with Gasteiger partial charge in [0.2, 0.25) is 0 Å². The van der Waals surface area contributed by atoms with E-state index in [1.54, 1.807) is 23.1 Å². The van der Waals surface area contributed by atoms with Gasteiger partial charge in [0.1, 0.15) is 5.75 Å². The van der Waals surface area contributed by atoms with Crippen LogP contribution in [0.5, 0.6) is 5.75 Å². The molecule has 0 radical (unpaired) electrons. The lowest BCUT2D eigenvalue weighted by Gasteiger charge is -2.19. The first kappa shape index (κ1) is 13.9. The fourth-order valence-corrected chi connectivity index (χ4v) is 1.93. The topological polar surface area (TPSA) is 29.5 Å². The largest absolute Gasteiger partial charge is 0.494 e. The number of amides is 1. The Labute approximate surface area is 108 Å². The molecule has 94 valence electrons. The predicted molar refractivity (Wildman–Crippen MR) is 72.1 cm³/mol. The van der Waals surface area contributed by atoms with Crippen molar-refractivity contribution < 1.29 is 9.53 Å². The molecule has 0 bridgehead atoms. The summed E-state index contributed by atoms with van der Waals surface area (Å²) in [6.07, 6.45) is 0. The quantitative estimate of drug-likeness (QED) is 0.818. The van der Waals surface area contributed by atoms with E-state index in [0.29, 0.717) is 30.2 Å². The van der Waals surface area contributed by atoms with Crippen LogP contribution in [0.25, 0.3) is 0 Å². The minimum Gasteiger partial charge on any atom is -0.494 e. The molecule has 0 saturated heterocycles. The van der Waals surface area contributed by atoms with Crippen molar-refractivity contribution in [2.75, 3.05) is 19.7 Å². The van der Waals surface area contributed by atoms with Crippen molar-refractivity contribution in [2.24, 2.45) is 0 Å². The summed E-state index contributed by atoms with van der Waals surface area (Å²) in [5.74, 6) is 0.761. The summed E-state index contributed by atoms with van der Waals surface area (Å²) in [4.78, 5) is 14.6. The highest BCUT2D eigenvalue weighted by Crippen LogP contribution is 2.22.